The van der Waals surface area contributed by atoms with Crippen molar-refractivity contribution >= 4 is 5.71 Å². The zero-order valence-corrected chi connectivity index (χ0v) is 20.2. The number of benzene rings is 2. The summed E-state index contributed by atoms with van der Waals surface area (Å²) in [5.41, 5.74) is 2.87. The number of aliphatic hydroxyl groups excluding tert-OH is 1. The molecule has 3 aliphatic rings. The van der Waals surface area contributed by atoms with E-state index in [0.717, 1.165) is 36.8 Å². The van der Waals surface area contributed by atoms with Gasteiger partial charge in [0.25, 0.3) is 0 Å². The summed E-state index contributed by atoms with van der Waals surface area (Å²) in [6.07, 6.45) is -0.861. The molecule has 2 aromatic carbocycles. The van der Waals surface area contributed by atoms with Crippen LogP contribution in [0, 0.1) is 17.3 Å². The van der Waals surface area contributed by atoms with Crippen molar-refractivity contribution in [2.24, 2.45) is 22.4 Å². The second-order valence-electron chi connectivity index (χ2n) is 10.3. The van der Waals surface area contributed by atoms with Crippen molar-refractivity contribution in [2.45, 2.75) is 64.0 Å². The van der Waals surface area contributed by atoms with E-state index in [0.29, 0.717) is 29.4 Å². The fraction of sp³-hybridized carbons (Fsp3) is 0.519. The molecule has 0 amide bonds. The first-order valence-corrected chi connectivity index (χ1v) is 12.2. The number of phenolic OH excluding ortho intramolecular Hbond substituents is 1. The minimum absolute atomic E-state index is 0.0105. The van der Waals surface area contributed by atoms with Gasteiger partial charge in [-0.1, -0.05) is 24.2 Å². The molecule has 2 fully saturated rings. The lowest BCUT2D eigenvalue weighted by molar-refractivity contribution is -0.274. The zero-order chi connectivity index (χ0) is 25.7. The average molecular weight is 506 g/mol. The number of halogens is 3. The average Bonchev–Trinajstić information content (AvgIpc) is 3.12. The summed E-state index contributed by atoms with van der Waals surface area (Å²) in [5, 5.41) is 25.6. The van der Waals surface area contributed by atoms with E-state index in [9.17, 15) is 23.4 Å². The topological polar surface area (TPSA) is 80.5 Å². The molecule has 0 bridgehead atoms. The Labute approximate surface area is 207 Å². The molecular formula is C27H30F3NO5. The number of methoxy groups -OCH3 is 1. The Morgan fingerprint density at radius 1 is 1.14 bits per heavy atom. The smallest absolute Gasteiger partial charge is 0.504 e. The third-order valence-corrected chi connectivity index (χ3v) is 8.42. The number of fused-ring (bicyclic) bond motifs is 5. The van der Waals surface area contributed by atoms with Crippen LogP contribution in [0.5, 0.6) is 17.2 Å². The number of aromatic hydroxyl groups is 1. The lowest BCUT2D eigenvalue weighted by Crippen LogP contribution is -2.45. The summed E-state index contributed by atoms with van der Waals surface area (Å²) in [6.45, 7) is 2.14. The number of hydrogen-bond donors (Lipinski definition) is 2. The molecule has 2 N–H and O–H groups in total. The Morgan fingerprint density at radius 2 is 1.94 bits per heavy atom. The fourth-order valence-electron chi connectivity index (χ4n) is 6.67. The van der Waals surface area contributed by atoms with Crippen molar-refractivity contribution in [1.82, 2.24) is 0 Å². The first-order chi connectivity index (χ1) is 17.1. The Balaban J connectivity index is 1.43. The molecule has 0 unspecified atom stereocenters. The monoisotopic (exact) mass is 505 g/mol. The molecule has 0 heterocycles. The molecule has 0 spiro atoms. The maximum absolute atomic E-state index is 12.6. The molecule has 194 valence electrons. The Hall–Kier alpha value is -2.94. The second kappa shape index (κ2) is 9.18. The van der Waals surface area contributed by atoms with Gasteiger partial charge in [0.2, 0.25) is 0 Å². The van der Waals surface area contributed by atoms with Crippen LogP contribution in [-0.2, 0) is 11.4 Å². The number of nitrogens with zero attached hydrogens (tertiary/aromatic N) is 1. The van der Waals surface area contributed by atoms with Crippen LogP contribution < -0.4 is 9.47 Å². The third-order valence-electron chi connectivity index (χ3n) is 8.42. The van der Waals surface area contributed by atoms with Gasteiger partial charge in [0.05, 0.1) is 18.9 Å². The molecule has 9 heteroatoms. The number of rotatable bonds is 5. The summed E-state index contributed by atoms with van der Waals surface area (Å²) in [6, 6.07) is 9.13. The van der Waals surface area contributed by atoms with Crippen molar-refractivity contribution in [3.8, 4) is 17.2 Å². The standard InChI is InChI=1S/C27H30F3NO5/c1-26-9-8-17-18-13-24(34-2)23(32)12-20(18)22(11-19(17)21(26)6-7-25(26)33)31-35-14-15-4-3-5-16(10-15)36-27(28,29)30/h3-5,10,12-13,17,19,21,25,32-33H,6-9,11,14H2,1-2H3/b31-22+/t17-,19-,21+,25+,26+/m1/s1. The van der Waals surface area contributed by atoms with Crippen molar-refractivity contribution in [2.75, 3.05) is 7.11 Å². The van der Waals surface area contributed by atoms with E-state index in [-0.39, 0.29) is 41.5 Å². The number of oxime groups is 1. The van der Waals surface area contributed by atoms with E-state index in [2.05, 4.69) is 16.8 Å². The number of hydrogen-bond acceptors (Lipinski definition) is 6. The molecule has 5 atom stereocenters. The highest BCUT2D eigenvalue weighted by atomic mass is 19.4. The summed E-state index contributed by atoms with van der Waals surface area (Å²) >= 11 is 0. The molecule has 0 aliphatic heterocycles. The molecule has 5 rings (SSSR count). The summed E-state index contributed by atoms with van der Waals surface area (Å²) in [7, 11) is 1.52. The van der Waals surface area contributed by atoms with Crippen LogP contribution in [-0.4, -0.2) is 35.5 Å². The number of ether oxygens (including phenoxy) is 2. The van der Waals surface area contributed by atoms with Gasteiger partial charge in [-0.25, -0.2) is 0 Å². The van der Waals surface area contributed by atoms with Crippen LogP contribution in [0.25, 0.3) is 0 Å². The quantitative estimate of drug-likeness (QED) is 0.495. The van der Waals surface area contributed by atoms with Gasteiger partial charge in [0, 0.05) is 5.56 Å². The van der Waals surface area contributed by atoms with Gasteiger partial charge >= 0.3 is 6.36 Å². The molecular weight excluding hydrogens is 475 g/mol. The van der Waals surface area contributed by atoms with Gasteiger partial charge in [-0.2, -0.15) is 0 Å². The highest BCUT2D eigenvalue weighted by molar-refractivity contribution is 6.03. The Bertz CT molecular complexity index is 1170. The predicted molar refractivity (Wildman–Crippen MR) is 126 cm³/mol. The highest BCUT2D eigenvalue weighted by Crippen LogP contribution is 2.61. The van der Waals surface area contributed by atoms with Crippen LogP contribution >= 0.6 is 0 Å². The SMILES string of the molecule is COc1cc2c(cc1O)/C(=N/OCc1cccc(OC(F)(F)F)c1)C[C@@H]1[C@@H]2CC[C@]2(C)[C@@H](O)CC[C@@H]12. The van der Waals surface area contributed by atoms with Gasteiger partial charge < -0.3 is 24.5 Å². The van der Waals surface area contributed by atoms with Gasteiger partial charge in [0.1, 0.15) is 12.4 Å². The Morgan fingerprint density at radius 3 is 2.69 bits per heavy atom. The van der Waals surface area contributed by atoms with E-state index in [1.54, 1.807) is 12.1 Å². The van der Waals surface area contributed by atoms with Gasteiger partial charge in [-0.15, -0.1) is 13.2 Å². The van der Waals surface area contributed by atoms with Crippen molar-refractivity contribution in [3.05, 3.63) is 53.1 Å². The minimum Gasteiger partial charge on any atom is -0.504 e. The molecule has 0 aromatic heterocycles. The molecule has 6 nitrogen and oxygen atoms in total. The molecule has 0 saturated heterocycles. The van der Waals surface area contributed by atoms with Gasteiger partial charge in [-0.05, 0) is 90.7 Å². The van der Waals surface area contributed by atoms with Crippen LogP contribution in [0.15, 0.2) is 41.6 Å². The maximum atomic E-state index is 12.6. The Kier molecular flexibility index (Phi) is 6.31. The van der Waals surface area contributed by atoms with Crippen molar-refractivity contribution in [3.63, 3.8) is 0 Å². The van der Waals surface area contributed by atoms with Crippen LogP contribution in [0.4, 0.5) is 13.2 Å². The molecule has 3 aliphatic carbocycles. The van der Waals surface area contributed by atoms with E-state index in [1.165, 1.54) is 25.3 Å². The summed E-state index contributed by atoms with van der Waals surface area (Å²) in [5.74, 6) is 0.940. The van der Waals surface area contributed by atoms with Crippen molar-refractivity contribution < 1.29 is 37.7 Å². The van der Waals surface area contributed by atoms with Crippen LogP contribution in [0.1, 0.15) is 61.6 Å². The second-order valence-corrected chi connectivity index (χ2v) is 10.3. The lowest BCUT2D eigenvalue weighted by Gasteiger charge is -2.50. The first kappa shape index (κ1) is 24.7. The molecule has 36 heavy (non-hydrogen) atoms. The number of aliphatic hydroxyl groups is 1. The van der Waals surface area contributed by atoms with E-state index >= 15 is 0 Å². The molecule has 0 radical (unpaired) electrons. The van der Waals surface area contributed by atoms with Gasteiger partial charge in [0.15, 0.2) is 11.5 Å². The fourth-order valence-corrected chi connectivity index (χ4v) is 6.67. The van der Waals surface area contributed by atoms with E-state index in [4.69, 9.17) is 9.57 Å². The van der Waals surface area contributed by atoms with Crippen LogP contribution in [0.3, 0.4) is 0 Å². The number of phenols is 1. The predicted octanol–water partition coefficient (Wildman–Crippen LogP) is 5.89. The first-order valence-electron chi connectivity index (χ1n) is 12.2. The normalized spacial score (nSPS) is 30.3. The summed E-state index contributed by atoms with van der Waals surface area (Å²) < 4.78 is 47.0. The maximum Gasteiger partial charge on any atom is 0.573 e. The van der Waals surface area contributed by atoms with E-state index in [1.807, 2.05) is 6.07 Å². The highest BCUT2D eigenvalue weighted by Gasteiger charge is 2.55. The third kappa shape index (κ3) is 4.49. The number of alkyl halides is 3. The van der Waals surface area contributed by atoms with Crippen LogP contribution in [0.2, 0.25) is 0 Å². The summed E-state index contributed by atoms with van der Waals surface area (Å²) in [4.78, 5) is 5.62. The zero-order valence-electron chi connectivity index (χ0n) is 20.2. The van der Waals surface area contributed by atoms with E-state index < -0.39 is 6.36 Å². The van der Waals surface area contributed by atoms with Crippen molar-refractivity contribution in [1.29, 1.82) is 0 Å². The largest absolute Gasteiger partial charge is 0.573 e. The molecule has 2 saturated carbocycles. The minimum atomic E-state index is -4.77. The lowest BCUT2D eigenvalue weighted by atomic mass is 9.55. The molecule has 2 aromatic rings. The van der Waals surface area contributed by atoms with Gasteiger partial charge in [-0.3, -0.25) is 0 Å².